The molecule has 1 aliphatic carbocycles. The largest absolute Gasteiger partial charge is 0.382 e. The standard InChI is InChI=1S/C15H20ClNO2/c1-2-19-10-4-9-17-14(18)15(7-8-15)12-5-3-6-13(16)11-12/h3,5-6,11H,2,4,7-10H2,1H3,(H,17,18). The summed E-state index contributed by atoms with van der Waals surface area (Å²) in [5, 5.41) is 3.69. The van der Waals surface area contributed by atoms with Gasteiger partial charge < -0.3 is 10.1 Å². The Morgan fingerprint density at radius 1 is 1.47 bits per heavy atom. The van der Waals surface area contributed by atoms with E-state index in [1.807, 2.05) is 31.2 Å². The topological polar surface area (TPSA) is 38.3 Å². The number of rotatable bonds is 7. The van der Waals surface area contributed by atoms with E-state index in [9.17, 15) is 4.79 Å². The van der Waals surface area contributed by atoms with Gasteiger partial charge in [0.05, 0.1) is 5.41 Å². The summed E-state index contributed by atoms with van der Waals surface area (Å²) in [6, 6.07) is 7.62. The number of nitrogens with one attached hydrogen (secondary N) is 1. The number of hydrogen-bond donors (Lipinski definition) is 1. The molecule has 2 rings (SSSR count). The molecule has 1 aliphatic rings. The molecule has 4 heteroatoms. The highest BCUT2D eigenvalue weighted by Crippen LogP contribution is 2.48. The van der Waals surface area contributed by atoms with Gasteiger partial charge in [-0.25, -0.2) is 0 Å². The van der Waals surface area contributed by atoms with Crippen molar-refractivity contribution in [3.05, 3.63) is 34.9 Å². The lowest BCUT2D eigenvalue weighted by Crippen LogP contribution is -2.35. The first-order valence-electron chi connectivity index (χ1n) is 6.81. The van der Waals surface area contributed by atoms with Gasteiger partial charge in [-0.1, -0.05) is 23.7 Å². The van der Waals surface area contributed by atoms with Crippen LogP contribution in [-0.4, -0.2) is 25.7 Å². The average molecular weight is 282 g/mol. The molecule has 0 aromatic heterocycles. The number of hydrogen-bond acceptors (Lipinski definition) is 2. The average Bonchev–Trinajstić information content (AvgIpc) is 3.20. The summed E-state index contributed by atoms with van der Waals surface area (Å²) in [7, 11) is 0. The highest BCUT2D eigenvalue weighted by atomic mass is 35.5. The van der Waals surface area contributed by atoms with Crippen molar-refractivity contribution in [2.24, 2.45) is 0 Å². The second kappa shape index (κ2) is 6.40. The van der Waals surface area contributed by atoms with Crippen LogP contribution in [0.5, 0.6) is 0 Å². The zero-order valence-corrected chi connectivity index (χ0v) is 12.0. The quantitative estimate of drug-likeness (QED) is 0.781. The van der Waals surface area contributed by atoms with Crippen molar-refractivity contribution in [2.45, 2.75) is 31.6 Å². The lowest BCUT2D eigenvalue weighted by molar-refractivity contribution is -0.123. The first-order chi connectivity index (χ1) is 9.19. The van der Waals surface area contributed by atoms with Crippen molar-refractivity contribution < 1.29 is 9.53 Å². The Labute approximate surface area is 119 Å². The minimum atomic E-state index is -0.337. The van der Waals surface area contributed by atoms with Crippen molar-refractivity contribution in [3.8, 4) is 0 Å². The van der Waals surface area contributed by atoms with Gasteiger partial charge in [0, 0.05) is 24.8 Å². The minimum Gasteiger partial charge on any atom is -0.382 e. The molecule has 104 valence electrons. The van der Waals surface area contributed by atoms with E-state index in [2.05, 4.69) is 5.32 Å². The Kier molecular flexibility index (Phi) is 4.83. The maximum atomic E-state index is 12.3. The van der Waals surface area contributed by atoms with Gasteiger partial charge in [-0.05, 0) is 43.9 Å². The van der Waals surface area contributed by atoms with Crippen LogP contribution >= 0.6 is 11.6 Å². The Bertz CT molecular complexity index is 444. The zero-order valence-electron chi connectivity index (χ0n) is 11.2. The normalized spacial score (nSPS) is 16.1. The number of benzene rings is 1. The first-order valence-corrected chi connectivity index (χ1v) is 7.19. The number of ether oxygens (including phenoxy) is 1. The van der Waals surface area contributed by atoms with Crippen LogP contribution in [0.1, 0.15) is 31.7 Å². The van der Waals surface area contributed by atoms with Gasteiger partial charge in [-0.2, -0.15) is 0 Å². The van der Waals surface area contributed by atoms with Crippen LogP contribution < -0.4 is 5.32 Å². The maximum absolute atomic E-state index is 12.3. The Morgan fingerprint density at radius 3 is 2.89 bits per heavy atom. The second-order valence-electron chi connectivity index (χ2n) is 4.90. The highest BCUT2D eigenvalue weighted by molar-refractivity contribution is 6.30. The van der Waals surface area contributed by atoms with E-state index in [0.717, 1.165) is 31.4 Å². The monoisotopic (exact) mass is 281 g/mol. The van der Waals surface area contributed by atoms with Crippen LogP contribution in [0.4, 0.5) is 0 Å². The van der Waals surface area contributed by atoms with E-state index in [1.54, 1.807) is 0 Å². The summed E-state index contributed by atoms with van der Waals surface area (Å²) in [5.74, 6) is 0.117. The van der Waals surface area contributed by atoms with E-state index < -0.39 is 0 Å². The maximum Gasteiger partial charge on any atom is 0.230 e. The van der Waals surface area contributed by atoms with Gasteiger partial charge in [0.1, 0.15) is 0 Å². The van der Waals surface area contributed by atoms with Gasteiger partial charge in [0.15, 0.2) is 0 Å². The third-order valence-corrected chi connectivity index (χ3v) is 3.75. The van der Waals surface area contributed by atoms with Gasteiger partial charge >= 0.3 is 0 Å². The van der Waals surface area contributed by atoms with Crippen LogP contribution in [0.15, 0.2) is 24.3 Å². The molecule has 1 amide bonds. The minimum absolute atomic E-state index is 0.117. The molecule has 1 saturated carbocycles. The Hall–Kier alpha value is -1.06. The lowest BCUT2D eigenvalue weighted by Gasteiger charge is -2.16. The molecule has 0 spiro atoms. The van der Waals surface area contributed by atoms with Crippen molar-refractivity contribution in [2.75, 3.05) is 19.8 Å². The number of carbonyl (C=O) groups excluding carboxylic acids is 1. The smallest absolute Gasteiger partial charge is 0.230 e. The van der Waals surface area contributed by atoms with E-state index in [1.165, 1.54) is 0 Å². The van der Waals surface area contributed by atoms with Crippen molar-refractivity contribution in [1.29, 1.82) is 0 Å². The van der Waals surface area contributed by atoms with Crippen LogP contribution in [-0.2, 0) is 14.9 Å². The Morgan fingerprint density at radius 2 is 2.26 bits per heavy atom. The van der Waals surface area contributed by atoms with Crippen LogP contribution in [0.2, 0.25) is 5.02 Å². The molecular formula is C15H20ClNO2. The molecule has 0 saturated heterocycles. The third-order valence-electron chi connectivity index (χ3n) is 3.52. The SMILES string of the molecule is CCOCCCNC(=O)C1(c2cccc(Cl)c2)CC1. The fourth-order valence-electron chi connectivity index (χ4n) is 2.25. The highest BCUT2D eigenvalue weighted by Gasteiger charge is 2.51. The predicted octanol–water partition coefficient (Wildman–Crippen LogP) is 2.91. The van der Waals surface area contributed by atoms with Crippen LogP contribution in [0, 0.1) is 0 Å². The molecule has 1 N–H and O–H groups in total. The fourth-order valence-corrected chi connectivity index (χ4v) is 2.44. The van der Waals surface area contributed by atoms with Gasteiger partial charge in [0.25, 0.3) is 0 Å². The molecule has 0 radical (unpaired) electrons. The van der Waals surface area contributed by atoms with Gasteiger partial charge in [-0.15, -0.1) is 0 Å². The molecule has 0 heterocycles. The third kappa shape index (κ3) is 3.48. The van der Waals surface area contributed by atoms with E-state index >= 15 is 0 Å². The summed E-state index contributed by atoms with van der Waals surface area (Å²) >= 11 is 6.00. The molecule has 1 aromatic rings. The lowest BCUT2D eigenvalue weighted by atomic mass is 9.95. The summed E-state index contributed by atoms with van der Waals surface area (Å²) in [5.41, 5.74) is 0.693. The molecule has 0 atom stereocenters. The number of amides is 1. The zero-order chi connectivity index (χ0) is 13.7. The summed E-state index contributed by atoms with van der Waals surface area (Å²) in [4.78, 5) is 12.3. The van der Waals surface area contributed by atoms with Crippen molar-refractivity contribution in [3.63, 3.8) is 0 Å². The van der Waals surface area contributed by atoms with Gasteiger partial charge in [0.2, 0.25) is 5.91 Å². The first kappa shape index (κ1) is 14.4. The van der Waals surface area contributed by atoms with Crippen molar-refractivity contribution in [1.82, 2.24) is 5.32 Å². The molecule has 0 aliphatic heterocycles. The predicted molar refractivity (Wildman–Crippen MR) is 76.5 cm³/mol. The van der Waals surface area contributed by atoms with Crippen LogP contribution in [0.3, 0.4) is 0 Å². The molecule has 19 heavy (non-hydrogen) atoms. The van der Waals surface area contributed by atoms with E-state index in [-0.39, 0.29) is 11.3 Å². The summed E-state index contributed by atoms with van der Waals surface area (Å²) in [6.07, 6.45) is 2.67. The summed E-state index contributed by atoms with van der Waals surface area (Å²) < 4.78 is 5.25. The molecule has 0 unspecified atom stereocenters. The van der Waals surface area contributed by atoms with Crippen LogP contribution in [0.25, 0.3) is 0 Å². The van der Waals surface area contributed by atoms with Gasteiger partial charge in [-0.3, -0.25) is 4.79 Å². The Balaban J connectivity index is 1.88. The molecule has 3 nitrogen and oxygen atoms in total. The number of halogens is 1. The molecular weight excluding hydrogens is 262 g/mol. The fraction of sp³-hybridized carbons (Fsp3) is 0.533. The van der Waals surface area contributed by atoms with Crippen molar-refractivity contribution >= 4 is 17.5 Å². The van der Waals surface area contributed by atoms with E-state index in [0.29, 0.717) is 18.2 Å². The van der Waals surface area contributed by atoms with E-state index in [4.69, 9.17) is 16.3 Å². The molecule has 1 fully saturated rings. The summed E-state index contributed by atoms with van der Waals surface area (Å²) in [6.45, 7) is 4.05. The number of carbonyl (C=O) groups is 1. The molecule has 1 aromatic carbocycles. The molecule has 0 bridgehead atoms. The second-order valence-corrected chi connectivity index (χ2v) is 5.34.